The summed E-state index contributed by atoms with van der Waals surface area (Å²) in [5.74, 6) is -0.383. The number of hydrogen-bond donors (Lipinski definition) is 1. The van der Waals surface area contributed by atoms with E-state index in [4.69, 9.17) is 4.74 Å². The van der Waals surface area contributed by atoms with Gasteiger partial charge in [0.15, 0.2) is 5.78 Å². The molecule has 0 spiro atoms. The molecule has 0 bridgehead atoms. The summed E-state index contributed by atoms with van der Waals surface area (Å²) >= 11 is 0. The van der Waals surface area contributed by atoms with Gasteiger partial charge in [-0.25, -0.2) is 4.79 Å². The lowest BCUT2D eigenvalue weighted by Crippen LogP contribution is -2.07. The zero-order valence-corrected chi connectivity index (χ0v) is 11.3. The van der Waals surface area contributed by atoms with E-state index in [-0.39, 0.29) is 17.7 Å². The van der Waals surface area contributed by atoms with Crippen molar-refractivity contribution in [2.24, 2.45) is 5.92 Å². The van der Waals surface area contributed by atoms with E-state index in [0.717, 1.165) is 10.9 Å². The van der Waals surface area contributed by atoms with Gasteiger partial charge in [0, 0.05) is 28.6 Å². The molecule has 1 heterocycles. The van der Waals surface area contributed by atoms with Crippen LogP contribution >= 0.6 is 0 Å². The molecule has 1 aromatic carbocycles. The number of aromatic amines is 1. The van der Waals surface area contributed by atoms with Crippen LogP contribution in [0, 0.1) is 5.92 Å². The summed E-state index contributed by atoms with van der Waals surface area (Å²) in [6, 6.07) is 5.19. The molecule has 0 aliphatic heterocycles. The predicted molar refractivity (Wildman–Crippen MR) is 73.4 cm³/mol. The lowest BCUT2D eigenvalue weighted by molar-refractivity contribution is 0.0526. The zero-order chi connectivity index (χ0) is 14.0. The van der Waals surface area contributed by atoms with Gasteiger partial charge in [0.1, 0.15) is 0 Å². The largest absolute Gasteiger partial charge is 0.462 e. The molecule has 0 radical (unpaired) electrons. The van der Waals surface area contributed by atoms with Gasteiger partial charge in [0.2, 0.25) is 0 Å². The highest BCUT2D eigenvalue weighted by Crippen LogP contribution is 2.22. The van der Waals surface area contributed by atoms with Gasteiger partial charge in [-0.1, -0.05) is 13.8 Å². The van der Waals surface area contributed by atoms with E-state index < -0.39 is 0 Å². The number of fused-ring (bicyclic) bond motifs is 1. The SMILES string of the molecule is CCOC(=O)c1ccc2[nH]cc(C(=O)C(C)C)c2c1. The summed E-state index contributed by atoms with van der Waals surface area (Å²) in [5, 5.41) is 0.768. The lowest BCUT2D eigenvalue weighted by atomic mass is 10.00. The summed E-state index contributed by atoms with van der Waals surface area (Å²) in [6.45, 7) is 5.81. The number of Topliss-reactive ketones (excluding diaryl/α,β-unsaturated/α-hetero) is 1. The van der Waals surface area contributed by atoms with Crippen LogP contribution in [0.1, 0.15) is 41.5 Å². The normalized spacial score (nSPS) is 10.9. The minimum Gasteiger partial charge on any atom is -0.462 e. The fraction of sp³-hybridized carbons (Fsp3) is 0.333. The van der Waals surface area contributed by atoms with Crippen molar-refractivity contribution < 1.29 is 14.3 Å². The molecule has 100 valence electrons. The Morgan fingerprint density at radius 2 is 2.05 bits per heavy atom. The summed E-state index contributed by atoms with van der Waals surface area (Å²) in [4.78, 5) is 26.8. The van der Waals surface area contributed by atoms with Crippen LogP contribution in [0.15, 0.2) is 24.4 Å². The van der Waals surface area contributed by atoms with Crippen molar-refractivity contribution in [3.05, 3.63) is 35.5 Å². The molecule has 4 heteroatoms. The van der Waals surface area contributed by atoms with E-state index in [2.05, 4.69) is 4.98 Å². The van der Waals surface area contributed by atoms with E-state index in [0.29, 0.717) is 17.7 Å². The third-order valence-electron chi connectivity index (χ3n) is 2.98. The van der Waals surface area contributed by atoms with Gasteiger partial charge in [0.25, 0.3) is 0 Å². The molecule has 0 atom stereocenters. The van der Waals surface area contributed by atoms with Gasteiger partial charge >= 0.3 is 5.97 Å². The zero-order valence-electron chi connectivity index (χ0n) is 11.3. The first-order chi connectivity index (χ1) is 9.04. The van der Waals surface area contributed by atoms with Gasteiger partial charge in [-0.2, -0.15) is 0 Å². The summed E-state index contributed by atoms with van der Waals surface area (Å²) in [6.07, 6.45) is 1.70. The monoisotopic (exact) mass is 259 g/mol. The Kier molecular flexibility index (Phi) is 3.69. The smallest absolute Gasteiger partial charge is 0.338 e. The molecule has 0 unspecified atom stereocenters. The Morgan fingerprint density at radius 3 is 2.68 bits per heavy atom. The van der Waals surface area contributed by atoms with Crippen LogP contribution < -0.4 is 0 Å². The Morgan fingerprint density at radius 1 is 1.32 bits per heavy atom. The van der Waals surface area contributed by atoms with E-state index in [1.807, 2.05) is 13.8 Å². The van der Waals surface area contributed by atoms with Gasteiger partial charge in [-0.05, 0) is 25.1 Å². The Bertz CT molecular complexity index is 625. The molecular weight excluding hydrogens is 242 g/mol. The van der Waals surface area contributed by atoms with Gasteiger partial charge in [-0.3, -0.25) is 4.79 Å². The van der Waals surface area contributed by atoms with Crippen LogP contribution in [0.5, 0.6) is 0 Å². The molecule has 0 aliphatic rings. The van der Waals surface area contributed by atoms with Crippen molar-refractivity contribution in [1.29, 1.82) is 0 Å². The first-order valence-corrected chi connectivity index (χ1v) is 6.37. The number of hydrogen-bond acceptors (Lipinski definition) is 3. The van der Waals surface area contributed by atoms with Crippen molar-refractivity contribution in [1.82, 2.24) is 4.98 Å². The number of benzene rings is 1. The number of carbonyl (C=O) groups is 2. The van der Waals surface area contributed by atoms with Crippen molar-refractivity contribution in [3.8, 4) is 0 Å². The highest BCUT2D eigenvalue weighted by atomic mass is 16.5. The molecule has 0 aliphatic carbocycles. The molecule has 19 heavy (non-hydrogen) atoms. The van der Waals surface area contributed by atoms with Crippen LogP contribution in [0.25, 0.3) is 10.9 Å². The van der Waals surface area contributed by atoms with Crippen LogP contribution in [-0.4, -0.2) is 23.3 Å². The van der Waals surface area contributed by atoms with Crippen LogP contribution in [0.3, 0.4) is 0 Å². The maximum atomic E-state index is 12.1. The number of esters is 1. The third-order valence-corrected chi connectivity index (χ3v) is 2.98. The van der Waals surface area contributed by atoms with Crippen molar-refractivity contribution in [3.63, 3.8) is 0 Å². The van der Waals surface area contributed by atoms with Gasteiger partial charge in [0.05, 0.1) is 12.2 Å². The van der Waals surface area contributed by atoms with E-state index in [1.165, 1.54) is 0 Å². The van der Waals surface area contributed by atoms with Crippen molar-refractivity contribution >= 4 is 22.7 Å². The second kappa shape index (κ2) is 5.26. The molecule has 0 amide bonds. The highest BCUT2D eigenvalue weighted by Gasteiger charge is 2.17. The minimum absolute atomic E-state index is 0.0623. The van der Waals surface area contributed by atoms with Crippen molar-refractivity contribution in [2.75, 3.05) is 6.61 Å². The number of nitrogens with one attached hydrogen (secondary N) is 1. The molecule has 1 aromatic heterocycles. The van der Waals surface area contributed by atoms with E-state index in [9.17, 15) is 9.59 Å². The maximum absolute atomic E-state index is 12.1. The predicted octanol–water partition coefficient (Wildman–Crippen LogP) is 3.18. The van der Waals surface area contributed by atoms with E-state index >= 15 is 0 Å². The van der Waals surface area contributed by atoms with Gasteiger partial charge in [-0.15, -0.1) is 0 Å². The lowest BCUT2D eigenvalue weighted by Gasteiger charge is -2.04. The molecule has 0 fully saturated rings. The Hall–Kier alpha value is -2.10. The first kappa shape index (κ1) is 13.3. The average Bonchev–Trinajstić information content (AvgIpc) is 2.80. The number of H-pyrrole nitrogens is 1. The van der Waals surface area contributed by atoms with Crippen LogP contribution in [0.2, 0.25) is 0 Å². The summed E-state index contributed by atoms with van der Waals surface area (Å²) in [5.41, 5.74) is 1.93. The Labute approximate surface area is 111 Å². The number of ketones is 1. The second-order valence-corrected chi connectivity index (χ2v) is 4.70. The first-order valence-electron chi connectivity index (χ1n) is 6.37. The molecule has 1 N–H and O–H groups in total. The molecule has 2 rings (SSSR count). The third kappa shape index (κ3) is 2.52. The number of rotatable bonds is 4. The minimum atomic E-state index is -0.367. The van der Waals surface area contributed by atoms with Crippen LogP contribution in [-0.2, 0) is 4.74 Å². The van der Waals surface area contributed by atoms with Crippen molar-refractivity contribution in [2.45, 2.75) is 20.8 Å². The molecule has 0 saturated heterocycles. The van der Waals surface area contributed by atoms with Crippen LogP contribution in [0.4, 0.5) is 0 Å². The fourth-order valence-electron chi connectivity index (χ4n) is 1.98. The number of aromatic nitrogens is 1. The summed E-state index contributed by atoms with van der Waals surface area (Å²) in [7, 11) is 0. The highest BCUT2D eigenvalue weighted by molar-refractivity contribution is 6.10. The molecule has 4 nitrogen and oxygen atoms in total. The maximum Gasteiger partial charge on any atom is 0.338 e. The molecular formula is C15H17NO3. The second-order valence-electron chi connectivity index (χ2n) is 4.70. The number of ether oxygens (including phenoxy) is 1. The number of carbonyl (C=O) groups excluding carboxylic acids is 2. The summed E-state index contributed by atoms with van der Waals surface area (Å²) < 4.78 is 4.97. The quantitative estimate of drug-likeness (QED) is 0.677. The fourth-order valence-corrected chi connectivity index (χ4v) is 1.98. The molecule has 0 saturated carbocycles. The van der Waals surface area contributed by atoms with Gasteiger partial charge < -0.3 is 9.72 Å². The average molecular weight is 259 g/mol. The topological polar surface area (TPSA) is 59.2 Å². The molecule has 2 aromatic rings. The standard InChI is InChI=1S/C15H17NO3/c1-4-19-15(18)10-5-6-13-11(7-10)12(8-16-13)14(17)9(2)3/h5-9,16H,4H2,1-3H3. The van der Waals surface area contributed by atoms with E-state index in [1.54, 1.807) is 31.3 Å². The Balaban J connectivity index is 2.48.